The van der Waals surface area contributed by atoms with Crippen LogP contribution in [0.3, 0.4) is 0 Å². The van der Waals surface area contributed by atoms with Gasteiger partial charge in [0.25, 0.3) is 0 Å². The van der Waals surface area contributed by atoms with Crippen LogP contribution >= 0.6 is 0 Å². The summed E-state index contributed by atoms with van der Waals surface area (Å²) in [4.78, 5) is 0. The second-order valence-corrected chi connectivity index (χ2v) is 3.00. The Balaban J connectivity index is 2.76. The summed E-state index contributed by atoms with van der Waals surface area (Å²) in [5.74, 6) is 0. The first-order valence-electron chi connectivity index (χ1n) is 3.91. The van der Waals surface area contributed by atoms with Crippen LogP contribution in [0.5, 0.6) is 0 Å². The predicted molar refractivity (Wildman–Crippen MR) is 39.2 cm³/mol. The van der Waals surface area contributed by atoms with E-state index in [4.69, 9.17) is 9.84 Å². The molecule has 0 aromatic rings. The molecule has 5 heteroatoms. The van der Waals surface area contributed by atoms with Crippen LogP contribution in [0.15, 0.2) is 0 Å². The Morgan fingerprint density at radius 2 is 2.00 bits per heavy atom. The Morgan fingerprint density at radius 3 is 2.25 bits per heavy atom. The third kappa shape index (κ3) is 1.23. The van der Waals surface area contributed by atoms with Crippen molar-refractivity contribution in [3.05, 3.63) is 0 Å². The van der Waals surface area contributed by atoms with E-state index in [0.717, 1.165) is 0 Å². The average molecular weight is 178 g/mol. The molecule has 5 nitrogen and oxygen atoms in total. The molecular formula is C7H14O5. The van der Waals surface area contributed by atoms with E-state index in [2.05, 4.69) is 0 Å². The van der Waals surface area contributed by atoms with Crippen LogP contribution in [0.1, 0.15) is 13.3 Å². The van der Waals surface area contributed by atoms with E-state index in [-0.39, 0.29) is 6.42 Å². The van der Waals surface area contributed by atoms with Gasteiger partial charge in [-0.15, -0.1) is 0 Å². The molecule has 0 radical (unpaired) electrons. The van der Waals surface area contributed by atoms with Crippen molar-refractivity contribution in [3.63, 3.8) is 0 Å². The lowest BCUT2D eigenvalue weighted by Crippen LogP contribution is -2.48. The molecular weight excluding hydrogens is 164 g/mol. The number of hydrogen-bond donors (Lipinski definition) is 4. The minimum atomic E-state index is -1.65. The molecule has 72 valence electrons. The number of aliphatic hydroxyl groups is 4. The summed E-state index contributed by atoms with van der Waals surface area (Å²) < 4.78 is 4.73. The first-order chi connectivity index (χ1) is 5.56. The lowest BCUT2D eigenvalue weighted by atomic mass is 9.93. The first kappa shape index (κ1) is 9.88. The highest BCUT2D eigenvalue weighted by Gasteiger charge is 2.53. The van der Waals surface area contributed by atoms with Gasteiger partial charge in [0, 0.05) is 0 Å². The largest absolute Gasteiger partial charge is 0.394 e. The van der Waals surface area contributed by atoms with Crippen molar-refractivity contribution >= 4 is 0 Å². The molecule has 1 saturated heterocycles. The zero-order valence-corrected chi connectivity index (χ0v) is 6.84. The summed E-state index contributed by atoms with van der Waals surface area (Å²) in [7, 11) is 0. The van der Waals surface area contributed by atoms with Crippen molar-refractivity contribution in [1.29, 1.82) is 0 Å². The molecule has 1 heterocycles. The van der Waals surface area contributed by atoms with Crippen LogP contribution in [0.25, 0.3) is 0 Å². The molecule has 0 aliphatic carbocycles. The quantitative estimate of drug-likeness (QED) is 0.400. The second kappa shape index (κ2) is 3.27. The Bertz CT molecular complexity index is 162. The molecule has 0 aromatic carbocycles. The van der Waals surface area contributed by atoms with Gasteiger partial charge in [0.1, 0.15) is 17.8 Å². The molecule has 4 atom stereocenters. The maximum Gasteiger partial charge on any atom is 0.186 e. The Hall–Kier alpha value is -0.200. The van der Waals surface area contributed by atoms with Crippen LogP contribution in [-0.4, -0.2) is 51.1 Å². The summed E-state index contributed by atoms with van der Waals surface area (Å²) in [6, 6.07) is 0. The fourth-order valence-electron chi connectivity index (χ4n) is 1.35. The summed E-state index contributed by atoms with van der Waals surface area (Å²) in [5, 5.41) is 36.8. The first-order valence-corrected chi connectivity index (χ1v) is 3.91. The van der Waals surface area contributed by atoms with E-state index >= 15 is 0 Å². The number of rotatable bonds is 2. The third-order valence-corrected chi connectivity index (χ3v) is 2.34. The van der Waals surface area contributed by atoms with Crippen molar-refractivity contribution in [2.75, 3.05) is 6.61 Å². The minimum Gasteiger partial charge on any atom is -0.394 e. The maximum absolute atomic E-state index is 9.60. The molecule has 4 unspecified atom stereocenters. The fourth-order valence-corrected chi connectivity index (χ4v) is 1.35. The number of hydrogen-bond acceptors (Lipinski definition) is 5. The van der Waals surface area contributed by atoms with Gasteiger partial charge in [-0.3, -0.25) is 0 Å². The van der Waals surface area contributed by atoms with Crippen LogP contribution in [-0.2, 0) is 4.74 Å². The lowest BCUT2D eigenvalue weighted by molar-refractivity contribution is -0.178. The van der Waals surface area contributed by atoms with Gasteiger partial charge in [0.15, 0.2) is 6.29 Å². The van der Waals surface area contributed by atoms with Crippen molar-refractivity contribution in [2.45, 2.75) is 37.4 Å². The van der Waals surface area contributed by atoms with Crippen LogP contribution in [0, 0.1) is 0 Å². The topological polar surface area (TPSA) is 90.2 Å². The zero-order chi connectivity index (χ0) is 9.35. The van der Waals surface area contributed by atoms with Gasteiger partial charge in [-0.1, -0.05) is 6.92 Å². The van der Waals surface area contributed by atoms with Gasteiger partial charge in [-0.25, -0.2) is 0 Å². The van der Waals surface area contributed by atoms with E-state index in [0.29, 0.717) is 0 Å². The van der Waals surface area contributed by atoms with Crippen molar-refractivity contribution in [2.24, 2.45) is 0 Å². The van der Waals surface area contributed by atoms with Gasteiger partial charge >= 0.3 is 0 Å². The normalized spacial score (nSPS) is 48.2. The van der Waals surface area contributed by atoms with Crippen LogP contribution in [0.2, 0.25) is 0 Å². The Labute approximate surface area is 70.2 Å². The van der Waals surface area contributed by atoms with E-state index < -0.39 is 30.7 Å². The van der Waals surface area contributed by atoms with Crippen LogP contribution in [0.4, 0.5) is 0 Å². The summed E-state index contributed by atoms with van der Waals surface area (Å²) in [6.45, 7) is 1.20. The van der Waals surface area contributed by atoms with Gasteiger partial charge in [-0.05, 0) is 6.42 Å². The van der Waals surface area contributed by atoms with Crippen LogP contribution < -0.4 is 0 Å². The van der Waals surface area contributed by atoms with E-state index in [9.17, 15) is 15.3 Å². The monoisotopic (exact) mass is 178 g/mol. The van der Waals surface area contributed by atoms with Crippen molar-refractivity contribution < 1.29 is 25.2 Å². The number of aliphatic hydroxyl groups excluding tert-OH is 3. The SMILES string of the molecule is CCC1(O)C(O)OC(CO)C1O. The average Bonchev–Trinajstić information content (AvgIpc) is 2.30. The zero-order valence-electron chi connectivity index (χ0n) is 6.84. The van der Waals surface area contributed by atoms with E-state index in [1.54, 1.807) is 6.92 Å². The molecule has 12 heavy (non-hydrogen) atoms. The predicted octanol–water partition coefficient (Wildman–Crippen LogP) is -1.80. The molecule has 1 aliphatic heterocycles. The van der Waals surface area contributed by atoms with Gasteiger partial charge in [-0.2, -0.15) is 0 Å². The maximum atomic E-state index is 9.60. The third-order valence-electron chi connectivity index (χ3n) is 2.34. The lowest BCUT2D eigenvalue weighted by Gasteiger charge is -2.26. The minimum absolute atomic E-state index is 0.172. The molecule has 0 amide bonds. The molecule has 0 spiro atoms. The second-order valence-electron chi connectivity index (χ2n) is 3.00. The van der Waals surface area contributed by atoms with E-state index in [1.165, 1.54) is 0 Å². The Kier molecular flexibility index (Phi) is 2.70. The highest BCUT2D eigenvalue weighted by molar-refractivity contribution is 4.98. The van der Waals surface area contributed by atoms with Crippen molar-refractivity contribution in [3.8, 4) is 0 Å². The highest BCUT2D eigenvalue weighted by Crippen LogP contribution is 2.32. The summed E-state index contributed by atoms with van der Waals surface area (Å²) >= 11 is 0. The van der Waals surface area contributed by atoms with Gasteiger partial charge in [0.05, 0.1) is 6.61 Å². The van der Waals surface area contributed by atoms with Gasteiger partial charge < -0.3 is 25.2 Å². The number of ether oxygens (including phenoxy) is 1. The fraction of sp³-hybridized carbons (Fsp3) is 1.00. The molecule has 0 bridgehead atoms. The van der Waals surface area contributed by atoms with Crippen molar-refractivity contribution in [1.82, 2.24) is 0 Å². The summed E-state index contributed by atoms with van der Waals surface area (Å²) in [5.41, 5.74) is -1.65. The highest BCUT2D eigenvalue weighted by atomic mass is 16.7. The van der Waals surface area contributed by atoms with E-state index in [1.807, 2.05) is 0 Å². The molecule has 0 aromatic heterocycles. The molecule has 1 fully saturated rings. The molecule has 4 N–H and O–H groups in total. The smallest absolute Gasteiger partial charge is 0.186 e. The standard InChI is InChI=1S/C7H14O5/c1-2-7(11)5(9)4(3-8)12-6(7)10/h4-6,8-11H,2-3H2,1H3. The Morgan fingerprint density at radius 1 is 1.42 bits per heavy atom. The molecule has 1 rings (SSSR count). The van der Waals surface area contributed by atoms with Gasteiger partial charge in [0.2, 0.25) is 0 Å². The summed E-state index contributed by atoms with van der Waals surface area (Å²) in [6.07, 6.45) is -3.38. The molecule has 1 aliphatic rings. The molecule has 0 saturated carbocycles.